The molecule has 0 radical (unpaired) electrons. The highest BCUT2D eigenvalue weighted by Crippen LogP contribution is 2.38. The molecule has 0 unspecified atom stereocenters. The number of hydrogen-bond donors (Lipinski definition) is 0. The Kier molecular flexibility index (Phi) is 4.57. The predicted molar refractivity (Wildman–Crippen MR) is 86.3 cm³/mol. The minimum absolute atomic E-state index is 0.0885. The van der Waals surface area contributed by atoms with Crippen molar-refractivity contribution in [3.63, 3.8) is 0 Å². The Bertz CT molecular complexity index is 804. The highest BCUT2D eigenvalue weighted by molar-refractivity contribution is 5.53. The fourth-order valence-electron chi connectivity index (χ4n) is 3.22. The maximum absolute atomic E-state index is 14.2. The van der Waals surface area contributed by atoms with Gasteiger partial charge in [0.1, 0.15) is 11.9 Å². The first kappa shape index (κ1) is 16.1. The largest absolute Gasteiger partial charge is 0.379 e. The number of halogens is 1. The molecule has 1 heterocycles. The van der Waals surface area contributed by atoms with E-state index in [-0.39, 0.29) is 5.56 Å². The van der Waals surface area contributed by atoms with Gasteiger partial charge in [-0.15, -0.1) is 0 Å². The molecule has 3 rings (SSSR count). The van der Waals surface area contributed by atoms with Crippen LogP contribution < -0.4 is 0 Å². The summed E-state index contributed by atoms with van der Waals surface area (Å²) >= 11 is 0. The standard InChI is InChI=1S/C19H16FN3O/c20-18-8-4-7-17(16(18)13-21)19(14-22,15-5-2-1-3-6-15)23-9-11-24-12-10-23/h1-8H,9-12H2/t19-/m0/s1. The Morgan fingerprint density at radius 2 is 1.71 bits per heavy atom. The summed E-state index contributed by atoms with van der Waals surface area (Å²) in [4.78, 5) is 1.96. The fourth-order valence-corrected chi connectivity index (χ4v) is 3.22. The van der Waals surface area contributed by atoms with Crippen molar-refractivity contribution in [2.24, 2.45) is 0 Å². The van der Waals surface area contributed by atoms with Crippen molar-refractivity contribution < 1.29 is 9.13 Å². The highest BCUT2D eigenvalue weighted by atomic mass is 19.1. The van der Waals surface area contributed by atoms with Crippen LogP contribution in [0.5, 0.6) is 0 Å². The first-order valence-corrected chi connectivity index (χ1v) is 7.72. The van der Waals surface area contributed by atoms with E-state index < -0.39 is 11.4 Å². The number of benzene rings is 2. The summed E-state index contributed by atoms with van der Waals surface area (Å²) < 4.78 is 19.6. The Balaban J connectivity index is 2.29. The van der Waals surface area contributed by atoms with Crippen LogP contribution in [-0.2, 0) is 10.3 Å². The Morgan fingerprint density at radius 1 is 1.00 bits per heavy atom. The summed E-state index contributed by atoms with van der Waals surface area (Å²) in [5.41, 5.74) is -0.218. The van der Waals surface area contributed by atoms with E-state index in [1.807, 2.05) is 41.3 Å². The van der Waals surface area contributed by atoms with Crippen molar-refractivity contribution in [3.05, 3.63) is 71.0 Å². The van der Waals surface area contributed by atoms with Crippen LogP contribution in [0, 0.1) is 28.5 Å². The lowest BCUT2D eigenvalue weighted by Crippen LogP contribution is -2.51. The molecule has 1 atom stereocenters. The second-order valence-corrected chi connectivity index (χ2v) is 5.56. The number of rotatable bonds is 3. The zero-order valence-electron chi connectivity index (χ0n) is 13.1. The predicted octanol–water partition coefficient (Wildman–Crippen LogP) is 2.80. The fraction of sp³-hybridized carbons (Fsp3) is 0.263. The van der Waals surface area contributed by atoms with Gasteiger partial charge in [-0.05, 0) is 11.6 Å². The Hall–Kier alpha value is -2.73. The molecule has 1 fully saturated rings. The number of morpholine rings is 1. The van der Waals surface area contributed by atoms with Gasteiger partial charge < -0.3 is 4.74 Å². The van der Waals surface area contributed by atoms with Crippen molar-refractivity contribution in [2.75, 3.05) is 26.3 Å². The van der Waals surface area contributed by atoms with Crippen LogP contribution in [0.3, 0.4) is 0 Å². The van der Waals surface area contributed by atoms with Crippen LogP contribution in [0.2, 0.25) is 0 Å². The van der Waals surface area contributed by atoms with E-state index in [1.165, 1.54) is 6.07 Å². The van der Waals surface area contributed by atoms with Crippen LogP contribution in [0.15, 0.2) is 48.5 Å². The first-order valence-electron chi connectivity index (χ1n) is 7.72. The summed E-state index contributed by atoms with van der Waals surface area (Å²) in [5.74, 6) is -0.612. The third kappa shape index (κ3) is 2.55. The van der Waals surface area contributed by atoms with Gasteiger partial charge >= 0.3 is 0 Å². The second-order valence-electron chi connectivity index (χ2n) is 5.56. The molecule has 1 aliphatic rings. The van der Waals surface area contributed by atoms with Crippen LogP contribution >= 0.6 is 0 Å². The molecule has 1 aliphatic heterocycles. The van der Waals surface area contributed by atoms with Gasteiger partial charge in [0.25, 0.3) is 0 Å². The number of ether oxygens (including phenoxy) is 1. The van der Waals surface area contributed by atoms with Crippen LogP contribution in [0.4, 0.5) is 4.39 Å². The molecule has 5 heteroatoms. The lowest BCUT2D eigenvalue weighted by molar-refractivity contribution is 0.00642. The minimum Gasteiger partial charge on any atom is -0.379 e. The van der Waals surface area contributed by atoms with Gasteiger partial charge in [-0.3, -0.25) is 4.90 Å². The first-order chi connectivity index (χ1) is 11.7. The molecule has 2 aromatic rings. The van der Waals surface area contributed by atoms with E-state index in [1.54, 1.807) is 12.1 Å². The van der Waals surface area contributed by atoms with Gasteiger partial charge in [0.05, 0.1) is 24.8 Å². The molecule has 2 aromatic carbocycles. The monoisotopic (exact) mass is 321 g/mol. The van der Waals surface area contributed by atoms with E-state index in [0.29, 0.717) is 31.9 Å². The lowest BCUT2D eigenvalue weighted by Gasteiger charge is -2.41. The molecule has 4 nitrogen and oxygen atoms in total. The molecule has 1 saturated heterocycles. The number of nitriles is 2. The maximum Gasteiger partial charge on any atom is 0.161 e. The lowest BCUT2D eigenvalue weighted by atomic mass is 9.79. The van der Waals surface area contributed by atoms with Crippen LogP contribution in [-0.4, -0.2) is 31.2 Å². The van der Waals surface area contributed by atoms with Gasteiger partial charge in [0, 0.05) is 18.7 Å². The summed E-state index contributed by atoms with van der Waals surface area (Å²) in [5, 5.41) is 19.6. The van der Waals surface area contributed by atoms with Crippen molar-refractivity contribution in [3.8, 4) is 12.1 Å². The van der Waals surface area contributed by atoms with Gasteiger partial charge in [-0.2, -0.15) is 10.5 Å². The smallest absolute Gasteiger partial charge is 0.161 e. The third-order valence-electron chi connectivity index (χ3n) is 4.35. The van der Waals surface area contributed by atoms with Gasteiger partial charge in [-0.1, -0.05) is 42.5 Å². The molecule has 0 spiro atoms. The Morgan fingerprint density at radius 3 is 2.33 bits per heavy atom. The van der Waals surface area contributed by atoms with Gasteiger partial charge in [-0.25, -0.2) is 4.39 Å². The van der Waals surface area contributed by atoms with Crippen molar-refractivity contribution in [1.82, 2.24) is 4.90 Å². The molecule has 0 bridgehead atoms. The molecule has 0 amide bonds. The molecular weight excluding hydrogens is 305 g/mol. The molecule has 0 N–H and O–H groups in total. The average Bonchev–Trinajstić information content (AvgIpc) is 2.65. The summed E-state index contributed by atoms with van der Waals surface area (Å²) in [6, 6.07) is 18.0. The van der Waals surface area contributed by atoms with E-state index in [9.17, 15) is 14.9 Å². The summed E-state index contributed by atoms with van der Waals surface area (Å²) in [6.45, 7) is 2.05. The third-order valence-corrected chi connectivity index (χ3v) is 4.35. The molecular formula is C19H16FN3O. The summed E-state index contributed by atoms with van der Waals surface area (Å²) in [6.07, 6.45) is 0. The molecule has 24 heavy (non-hydrogen) atoms. The number of hydrogen-bond acceptors (Lipinski definition) is 4. The minimum atomic E-state index is -1.22. The van der Waals surface area contributed by atoms with E-state index in [2.05, 4.69) is 6.07 Å². The van der Waals surface area contributed by atoms with E-state index in [4.69, 9.17) is 4.74 Å². The highest BCUT2D eigenvalue weighted by Gasteiger charge is 2.43. The van der Waals surface area contributed by atoms with Gasteiger partial charge in [0.15, 0.2) is 5.54 Å². The van der Waals surface area contributed by atoms with Crippen LogP contribution in [0.1, 0.15) is 16.7 Å². The molecule has 120 valence electrons. The topological polar surface area (TPSA) is 60.0 Å². The molecule has 0 saturated carbocycles. The quantitative estimate of drug-likeness (QED) is 0.872. The summed E-state index contributed by atoms with van der Waals surface area (Å²) in [7, 11) is 0. The van der Waals surface area contributed by atoms with E-state index in [0.717, 1.165) is 5.56 Å². The Labute approximate surface area is 140 Å². The zero-order chi connectivity index (χ0) is 17.0. The normalized spacial score (nSPS) is 17.5. The zero-order valence-corrected chi connectivity index (χ0v) is 13.1. The average molecular weight is 321 g/mol. The maximum atomic E-state index is 14.2. The van der Waals surface area contributed by atoms with Crippen LogP contribution in [0.25, 0.3) is 0 Å². The van der Waals surface area contributed by atoms with Gasteiger partial charge in [0.2, 0.25) is 0 Å². The van der Waals surface area contributed by atoms with Crippen molar-refractivity contribution in [1.29, 1.82) is 10.5 Å². The number of nitrogens with zero attached hydrogens (tertiary/aromatic N) is 3. The van der Waals surface area contributed by atoms with E-state index >= 15 is 0 Å². The molecule has 0 aliphatic carbocycles. The molecule has 0 aromatic heterocycles. The SMILES string of the molecule is N#Cc1c(F)cccc1[C@](C#N)(c1ccccc1)N1CCOCC1. The van der Waals surface area contributed by atoms with Crippen molar-refractivity contribution >= 4 is 0 Å². The second kappa shape index (κ2) is 6.80. The van der Waals surface area contributed by atoms with Crippen molar-refractivity contribution in [2.45, 2.75) is 5.54 Å².